The Kier molecular flexibility index (Phi) is 1.91. The van der Waals surface area contributed by atoms with Crippen molar-refractivity contribution in [2.24, 2.45) is 0 Å². The van der Waals surface area contributed by atoms with Gasteiger partial charge in [-0.15, -0.1) is 0 Å². The van der Waals surface area contributed by atoms with E-state index in [4.69, 9.17) is 22.6 Å². The molecule has 0 spiro atoms. The van der Waals surface area contributed by atoms with Gasteiger partial charge in [0.05, 0.1) is 17.5 Å². The van der Waals surface area contributed by atoms with E-state index in [2.05, 4.69) is 0 Å². The summed E-state index contributed by atoms with van der Waals surface area (Å²) in [5.41, 5.74) is -1.83. The molecular formula is C18H23NO. The maximum Gasteiger partial charge on any atom is 0.108 e. The first kappa shape index (κ1) is 5.28. The van der Waals surface area contributed by atoms with E-state index in [-0.39, 0.29) is 0 Å². The van der Waals surface area contributed by atoms with E-state index in [9.17, 15) is 0 Å². The van der Waals surface area contributed by atoms with E-state index in [0.29, 0.717) is 0 Å². The minimum absolute atomic E-state index is 0.479. The van der Waals surface area contributed by atoms with Gasteiger partial charge in [0.15, 0.2) is 0 Å². The van der Waals surface area contributed by atoms with Crippen molar-refractivity contribution in [2.45, 2.75) is 12.9 Å². The van der Waals surface area contributed by atoms with Gasteiger partial charge in [-0.3, -0.25) is 0 Å². The second-order valence-electron chi connectivity index (χ2n) is 4.09. The molecule has 0 aliphatic rings. The van der Waals surface area contributed by atoms with Gasteiger partial charge in [0.1, 0.15) is 6.08 Å². The summed E-state index contributed by atoms with van der Waals surface area (Å²) in [5, 5.41) is 0. The van der Waals surface area contributed by atoms with Gasteiger partial charge in [-0.25, -0.2) is 0 Å². The van der Waals surface area contributed by atoms with Crippen LogP contribution in [0.4, 0.5) is 0 Å². The number of hydrogen-bond acceptors (Lipinski definition) is 2. The second kappa shape index (κ2) is 7.22. The maximum atomic E-state index is 9.08. The number of likely N-dealkylation sites (N-methyl/N-ethyl adjacent to an activating group) is 1. The molecule has 1 atom stereocenters. The molecule has 0 saturated heterocycles. The second-order valence-corrected chi connectivity index (χ2v) is 4.09. The van der Waals surface area contributed by atoms with Gasteiger partial charge in [0.25, 0.3) is 0 Å². The number of rotatable bonds is 6. The quantitative estimate of drug-likeness (QED) is 0.801. The third-order valence-corrected chi connectivity index (χ3v) is 2.32. The Bertz CT molecular complexity index is 1020. The normalized spacial score (nSPS) is 25.6. The van der Waals surface area contributed by atoms with Crippen LogP contribution >= 0.6 is 0 Å². The number of benzene rings is 2. The summed E-state index contributed by atoms with van der Waals surface area (Å²) in [6.07, 6.45) is -3.04. The van der Waals surface area contributed by atoms with E-state index >= 15 is 0 Å². The highest BCUT2D eigenvalue weighted by Crippen LogP contribution is 2.28. The fourth-order valence-corrected chi connectivity index (χ4v) is 1.45. The monoisotopic (exact) mass is 282 g/mol. The lowest BCUT2D eigenvalue weighted by molar-refractivity contribution is 0.0683. The number of ether oxygens (including phenoxy) is 1. The van der Waals surface area contributed by atoms with E-state index in [1.807, 2.05) is 0 Å². The van der Waals surface area contributed by atoms with Crippen molar-refractivity contribution in [1.29, 1.82) is 0 Å². The van der Waals surface area contributed by atoms with Crippen LogP contribution in [0.1, 0.15) is 40.6 Å². The van der Waals surface area contributed by atoms with E-state index < -0.39 is 72.9 Å². The van der Waals surface area contributed by atoms with Crippen molar-refractivity contribution < 1.29 is 22.6 Å². The van der Waals surface area contributed by atoms with Crippen molar-refractivity contribution in [1.82, 2.24) is 4.90 Å². The third-order valence-electron chi connectivity index (χ3n) is 2.32. The van der Waals surface area contributed by atoms with Crippen LogP contribution in [0, 0.1) is 6.85 Å². The zero-order chi connectivity index (χ0) is 25.7. The SMILES string of the molecule is [2H]c1c([2H])c([2H])c(C([2H])(OC([2H])([2H])C([2H])([2H])N(C)C)c2ccccc2C([2H])([2H])[2H])c([2H])c1[2H]. The van der Waals surface area contributed by atoms with Gasteiger partial charge in [0, 0.05) is 13.4 Å². The average Bonchev–Trinajstić information content (AvgIpc) is 2.69. The summed E-state index contributed by atoms with van der Waals surface area (Å²) >= 11 is 0. The molecule has 0 aliphatic carbocycles. The van der Waals surface area contributed by atoms with Gasteiger partial charge in [0.2, 0.25) is 0 Å². The Balaban J connectivity index is 3.02. The Hall–Kier alpha value is -1.64. The fourth-order valence-electron chi connectivity index (χ4n) is 1.45. The molecule has 20 heavy (non-hydrogen) atoms. The van der Waals surface area contributed by atoms with Gasteiger partial charge in [-0.2, -0.15) is 0 Å². The molecule has 2 heteroatoms. The summed E-state index contributed by atoms with van der Waals surface area (Å²) in [5.74, 6) is 0. The largest absolute Gasteiger partial charge is 0.367 e. The number of hydrogen-bond donors (Lipinski definition) is 0. The van der Waals surface area contributed by atoms with E-state index in [1.54, 1.807) is 0 Å². The molecule has 2 aromatic rings. The first-order valence-corrected chi connectivity index (χ1v) is 5.85. The lowest BCUT2D eigenvalue weighted by Gasteiger charge is -2.22. The molecule has 0 heterocycles. The maximum absolute atomic E-state index is 9.08. The van der Waals surface area contributed by atoms with Crippen LogP contribution in [-0.4, -0.2) is 32.1 Å². The number of nitrogens with zero attached hydrogens (tertiary/aromatic N) is 1. The van der Waals surface area contributed by atoms with Crippen molar-refractivity contribution in [3.63, 3.8) is 0 Å². The van der Waals surface area contributed by atoms with E-state index in [1.165, 1.54) is 26.2 Å². The summed E-state index contributed by atoms with van der Waals surface area (Å²) in [6.45, 7) is -9.00. The minimum atomic E-state index is -3.30. The third kappa shape index (κ3) is 3.92. The first-order valence-electron chi connectivity index (χ1n) is 12.4. The van der Waals surface area contributed by atoms with Crippen molar-refractivity contribution in [3.8, 4) is 0 Å². The van der Waals surface area contributed by atoms with Crippen LogP contribution in [0.25, 0.3) is 0 Å². The molecule has 0 aliphatic heterocycles. The molecule has 0 aromatic heterocycles. The molecule has 0 bridgehead atoms. The van der Waals surface area contributed by atoms with Crippen molar-refractivity contribution in [2.75, 3.05) is 27.2 Å². The summed E-state index contributed by atoms with van der Waals surface area (Å²) in [7, 11) is 2.43. The summed E-state index contributed by atoms with van der Waals surface area (Å²) < 4.78 is 111. The Labute approximate surface area is 140 Å². The average molecular weight is 282 g/mol. The van der Waals surface area contributed by atoms with Crippen molar-refractivity contribution >= 4 is 0 Å². The van der Waals surface area contributed by atoms with Crippen LogP contribution in [0.5, 0.6) is 0 Å². The predicted octanol–water partition coefficient (Wildman–Crippen LogP) is 3.66. The Morgan fingerprint density at radius 1 is 1.30 bits per heavy atom. The zero-order valence-electron chi connectivity index (χ0n) is 24.2. The molecule has 106 valence electrons. The Morgan fingerprint density at radius 3 is 2.75 bits per heavy atom. The molecule has 2 rings (SSSR count). The van der Waals surface area contributed by atoms with E-state index in [0.717, 1.165) is 17.0 Å². The van der Waals surface area contributed by atoms with Gasteiger partial charge < -0.3 is 9.64 Å². The molecule has 0 saturated carbocycles. The highest BCUT2D eigenvalue weighted by atomic mass is 16.5. The van der Waals surface area contributed by atoms with Crippen LogP contribution in [-0.2, 0) is 4.74 Å². The lowest BCUT2D eigenvalue weighted by atomic mass is 9.97. The van der Waals surface area contributed by atoms with Crippen LogP contribution in [0.3, 0.4) is 0 Å². The van der Waals surface area contributed by atoms with Crippen LogP contribution in [0.2, 0.25) is 0 Å². The highest BCUT2D eigenvalue weighted by molar-refractivity contribution is 5.35. The molecule has 2 aromatic carbocycles. The zero-order valence-corrected chi connectivity index (χ0v) is 11.2. The highest BCUT2D eigenvalue weighted by Gasteiger charge is 2.16. The van der Waals surface area contributed by atoms with Crippen LogP contribution in [0.15, 0.2) is 54.5 Å². The molecule has 0 amide bonds. The minimum Gasteiger partial charge on any atom is -0.367 e. The number of aryl methyl sites for hydroxylation is 1. The van der Waals surface area contributed by atoms with Crippen LogP contribution < -0.4 is 0 Å². The standard InChI is InChI=1S/C18H23NO/c1-15-9-7-8-12-17(15)18(20-14-13-19(2)3)16-10-5-4-6-11-16/h4-12,18H,13-14H2,1-3H3/i1D3,4D,5D,6D,10D,11D,13D2,14D2,18D. The predicted molar refractivity (Wildman–Crippen MR) is 84.0 cm³/mol. The fraction of sp³-hybridized carbons (Fsp3) is 0.333. The van der Waals surface area contributed by atoms with Gasteiger partial charge in [-0.1, -0.05) is 54.5 Å². The van der Waals surface area contributed by atoms with Crippen molar-refractivity contribution in [3.05, 3.63) is 71.2 Å². The molecule has 0 radical (unpaired) electrons. The lowest BCUT2D eigenvalue weighted by Crippen LogP contribution is -2.20. The summed E-state index contributed by atoms with van der Waals surface area (Å²) in [6, 6.07) is 0.644. The summed E-state index contributed by atoms with van der Waals surface area (Å²) in [4.78, 5) is 0.838. The molecule has 1 unspecified atom stereocenters. The topological polar surface area (TPSA) is 12.5 Å². The van der Waals surface area contributed by atoms with Gasteiger partial charge in [-0.05, 0) is 37.6 Å². The smallest absolute Gasteiger partial charge is 0.108 e. The molecule has 2 nitrogen and oxygen atoms in total. The molecule has 0 N–H and O–H groups in total. The molecule has 0 fully saturated rings. The Morgan fingerprint density at radius 2 is 2.05 bits per heavy atom. The first-order chi connectivity index (χ1) is 14.8. The molecular weight excluding hydrogens is 246 g/mol. The van der Waals surface area contributed by atoms with Gasteiger partial charge >= 0.3 is 0 Å².